The van der Waals surface area contributed by atoms with Crippen LogP contribution in [0.1, 0.15) is 0 Å². The fraction of sp³-hybridized carbons (Fsp3) is 0.188. The first-order chi connectivity index (χ1) is 10.2. The van der Waals surface area contributed by atoms with Gasteiger partial charge in [-0.1, -0.05) is 42.1 Å². The number of nitrogens with one attached hydrogen (secondary N) is 1. The summed E-state index contributed by atoms with van der Waals surface area (Å²) in [6.07, 6.45) is -1.10. The molecule has 2 aromatic rings. The van der Waals surface area contributed by atoms with E-state index >= 15 is 0 Å². The highest BCUT2D eigenvalue weighted by Gasteiger charge is 2.36. The van der Waals surface area contributed by atoms with Gasteiger partial charge in [0.2, 0.25) is 0 Å². The summed E-state index contributed by atoms with van der Waals surface area (Å²) in [5.41, 5.74) is 1.73. The van der Waals surface area contributed by atoms with Crippen LogP contribution in [-0.2, 0) is 4.79 Å². The Hall–Kier alpha value is -1.98. The third-order valence-corrected chi connectivity index (χ3v) is 4.87. The molecule has 2 unspecified atom stereocenters. The minimum absolute atomic E-state index is 0.314. The molecule has 0 aliphatic carbocycles. The van der Waals surface area contributed by atoms with Crippen molar-refractivity contribution in [1.82, 2.24) is 0 Å². The number of anilines is 2. The standard InChI is InChI=1S/C16H16N2O2S/c1-18-12-9-5-6-10-13(12)21-16(18)14(19)15(20)17-11-7-3-2-4-8-11/h2-10,14,16,19H,1H3,(H,17,20). The monoisotopic (exact) mass is 300 g/mol. The first kappa shape index (κ1) is 14.0. The van der Waals surface area contributed by atoms with Crippen molar-refractivity contribution in [2.75, 3.05) is 17.3 Å². The second-order valence-corrected chi connectivity index (χ2v) is 6.05. The smallest absolute Gasteiger partial charge is 0.256 e. The van der Waals surface area contributed by atoms with Gasteiger partial charge in [-0.05, 0) is 24.3 Å². The molecule has 0 radical (unpaired) electrons. The van der Waals surface area contributed by atoms with Gasteiger partial charge < -0.3 is 15.3 Å². The largest absolute Gasteiger partial charge is 0.380 e. The number of carbonyl (C=O) groups is 1. The minimum atomic E-state index is -1.10. The molecule has 0 aromatic heterocycles. The van der Waals surface area contributed by atoms with Gasteiger partial charge >= 0.3 is 0 Å². The van der Waals surface area contributed by atoms with Gasteiger partial charge in [0, 0.05) is 17.6 Å². The molecule has 1 amide bonds. The van der Waals surface area contributed by atoms with E-state index in [-0.39, 0.29) is 5.37 Å². The van der Waals surface area contributed by atoms with Crippen molar-refractivity contribution < 1.29 is 9.90 Å². The van der Waals surface area contributed by atoms with Crippen LogP contribution in [0, 0.1) is 0 Å². The molecule has 3 rings (SSSR count). The van der Waals surface area contributed by atoms with E-state index in [0.29, 0.717) is 5.69 Å². The van der Waals surface area contributed by atoms with E-state index in [1.807, 2.05) is 54.4 Å². The number of thioether (sulfide) groups is 1. The van der Waals surface area contributed by atoms with Crippen molar-refractivity contribution in [3.8, 4) is 0 Å². The molecule has 108 valence electrons. The summed E-state index contributed by atoms with van der Waals surface area (Å²) < 4.78 is 0. The van der Waals surface area contributed by atoms with Gasteiger partial charge in [0.25, 0.3) is 5.91 Å². The number of likely N-dealkylation sites (N-methyl/N-ethyl adjacent to an activating group) is 1. The predicted molar refractivity (Wildman–Crippen MR) is 85.6 cm³/mol. The van der Waals surface area contributed by atoms with Gasteiger partial charge in [-0.3, -0.25) is 4.79 Å². The molecular formula is C16H16N2O2S. The number of para-hydroxylation sites is 2. The summed E-state index contributed by atoms with van der Waals surface area (Å²) in [6, 6.07) is 17.1. The van der Waals surface area contributed by atoms with Crippen molar-refractivity contribution in [1.29, 1.82) is 0 Å². The number of nitrogens with zero attached hydrogens (tertiary/aromatic N) is 1. The number of fused-ring (bicyclic) bond motifs is 1. The van der Waals surface area contributed by atoms with Crippen molar-refractivity contribution in [3.05, 3.63) is 54.6 Å². The molecule has 1 heterocycles. The number of hydrogen-bond donors (Lipinski definition) is 2. The number of aliphatic hydroxyl groups excluding tert-OH is 1. The third-order valence-electron chi connectivity index (χ3n) is 3.45. The van der Waals surface area contributed by atoms with Crippen LogP contribution in [0.3, 0.4) is 0 Å². The first-order valence-electron chi connectivity index (χ1n) is 6.69. The summed E-state index contributed by atoms with van der Waals surface area (Å²) in [4.78, 5) is 15.2. The van der Waals surface area contributed by atoms with Crippen LogP contribution in [-0.4, -0.2) is 29.5 Å². The lowest BCUT2D eigenvalue weighted by Crippen LogP contribution is -2.43. The van der Waals surface area contributed by atoms with E-state index in [1.54, 1.807) is 12.1 Å². The molecular weight excluding hydrogens is 284 g/mol. The second-order valence-electron chi connectivity index (χ2n) is 4.89. The van der Waals surface area contributed by atoms with E-state index in [1.165, 1.54) is 11.8 Å². The Bertz CT molecular complexity index is 648. The molecule has 0 saturated heterocycles. The molecule has 0 bridgehead atoms. The summed E-state index contributed by atoms with van der Waals surface area (Å²) in [5, 5.41) is 12.8. The lowest BCUT2D eigenvalue weighted by molar-refractivity contribution is -0.123. The number of hydrogen-bond acceptors (Lipinski definition) is 4. The molecule has 4 nitrogen and oxygen atoms in total. The van der Waals surface area contributed by atoms with Gasteiger partial charge in [-0.25, -0.2) is 0 Å². The Morgan fingerprint density at radius 1 is 1.19 bits per heavy atom. The maximum atomic E-state index is 12.2. The molecule has 0 spiro atoms. The second kappa shape index (κ2) is 5.79. The Kier molecular flexibility index (Phi) is 3.86. The van der Waals surface area contributed by atoms with Crippen LogP contribution in [0.25, 0.3) is 0 Å². The van der Waals surface area contributed by atoms with Gasteiger partial charge in [0.15, 0.2) is 6.10 Å². The normalized spacial score (nSPS) is 18.2. The van der Waals surface area contributed by atoms with E-state index in [9.17, 15) is 9.90 Å². The zero-order chi connectivity index (χ0) is 14.8. The maximum Gasteiger partial charge on any atom is 0.256 e. The zero-order valence-electron chi connectivity index (χ0n) is 11.6. The number of amides is 1. The minimum Gasteiger partial charge on any atom is -0.380 e. The fourth-order valence-corrected chi connectivity index (χ4v) is 3.61. The zero-order valence-corrected chi connectivity index (χ0v) is 12.4. The molecule has 1 aliphatic rings. The fourth-order valence-electron chi connectivity index (χ4n) is 2.34. The van der Waals surface area contributed by atoms with Crippen LogP contribution < -0.4 is 10.2 Å². The number of carbonyl (C=O) groups excluding carboxylic acids is 1. The molecule has 2 atom stereocenters. The highest BCUT2D eigenvalue weighted by atomic mass is 32.2. The average Bonchev–Trinajstić information content (AvgIpc) is 2.85. The number of aliphatic hydroxyl groups is 1. The quantitative estimate of drug-likeness (QED) is 0.915. The molecule has 0 saturated carbocycles. The van der Waals surface area contributed by atoms with E-state index in [0.717, 1.165) is 10.6 Å². The maximum absolute atomic E-state index is 12.2. The van der Waals surface area contributed by atoms with Crippen LogP contribution in [0.4, 0.5) is 11.4 Å². The van der Waals surface area contributed by atoms with Crippen molar-refractivity contribution >= 4 is 29.0 Å². The van der Waals surface area contributed by atoms with Gasteiger partial charge in [-0.2, -0.15) is 0 Å². The lowest BCUT2D eigenvalue weighted by Gasteiger charge is -2.25. The predicted octanol–water partition coefficient (Wildman–Crippen LogP) is 2.55. The summed E-state index contributed by atoms with van der Waals surface area (Å²) in [5.74, 6) is -0.390. The third kappa shape index (κ3) is 2.75. The topological polar surface area (TPSA) is 52.6 Å². The Balaban J connectivity index is 1.72. The van der Waals surface area contributed by atoms with E-state index in [4.69, 9.17) is 0 Å². The highest BCUT2D eigenvalue weighted by Crippen LogP contribution is 2.43. The van der Waals surface area contributed by atoms with Gasteiger partial charge in [0.05, 0.1) is 5.69 Å². The summed E-state index contributed by atoms with van der Waals surface area (Å²) in [7, 11) is 1.89. The number of benzene rings is 2. The van der Waals surface area contributed by atoms with Crippen LogP contribution in [0.15, 0.2) is 59.5 Å². The summed E-state index contributed by atoms with van der Waals surface area (Å²) >= 11 is 1.51. The Morgan fingerprint density at radius 2 is 1.86 bits per heavy atom. The van der Waals surface area contributed by atoms with Crippen molar-refractivity contribution in [2.24, 2.45) is 0 Å². The highest BCUT2D eigenvalue weighted by molar-refractivity contribution is 8.00. The average molecular weight is 300 g/mol. The molecule has 2 aromatic carbocycles. The van der Waals surface area contributed by atoms with Crippen LogP contribution >= 0.6 is 11.8 Å². The number of rotatable bonds is 3. The van der Waals surface area contributed by atoms with E-state index in [2.05, 4.69) is 5.32 Å². The van der Waals surface area contributed by atoms with Crippen LogP contribution in [0.5, 0.6) is 0 Å². The van der Waals surface area contributed by atoms with Crippen molar-refractivity contribution in [3.63, 3.8) is 0 Å². The van der Waals surface area contributed by atoms with Crippen molar-refractivity contribution in [2.45, 2.75) is 16.4 Å². The Morgan fingerprint density at radius 3 is 2.57 bits per heavy atom. The Labute approximate surface area is 127 Å². The SMILES string of the molecule is CN1c2ccccc2SC1C(O)C(=O)Nc1ccccc1. The van der Waals surface area contributed by atoms with Crippen LogP contribution in [0.2, 0.25) is 0 Å². The molecule has 5 heteroatoms. The molecule has 0 fully saturated rings. The van der Waals surface area contributed by atoms with Gasteiger partial charge in [0.1, 0.15) is 5.37 Å². The molecule has 2 N–H and O–H groups in total. The van der Waals surface area contributed by atoms with E-state index < -0.39 is 12.0 Å². The lowest BCUT2D eigenvalue weighted by atomic mass is 10.2. The first-order valence-corrected chi connectivity index (χ1v) is 7.57. The summed E-state index contributed by atoms with van der Waals surface area (Å²) in [6.45, 7) is 0. The molecule has 1 aliphatic heterocycles. The van der Waals surface area contributed by atoms with Gasteiger partial charge in [-0.15, -0.1) is 0 Å². The molecule has 21 heavy (non-hydrogen) atoms.